The second-order valence-electron chi connectivity index (χ2n) is 9.48. The highest BCUT2D eigenvalue weighted by Gasteiger charge is 2.54. The average Bonchev–Trinajstić information content (AvgIpc) is 2.79. The maximum absolute atomic E-state index is 15.4. The molecule has 0 bridgehead atoms. The molecule has 1 aliphatic heterocycles. The largest absolute Gasteiger partial charge is 0.496 e. The lowest BCUT2D eigenvalue weighted by atomic mass is 9.67. The van der Waals surface area contributed by atoms with Crippen LogP contribution in [0.2, 0.25) is 0 Å². The zero-order valence-corrected chi connectivity index (χ0v) is 18.1. The van der Waals surface area contributed by atoms with E-state index in [4.69, 9.17) is 19.8 Å². The highest BCUT2D eigenvalue weighted by Crippen LogP contribution is 2.42. The van der Waals surface area contributed by atoms with E-state index < -0.39 is 53.0 Å². The summed E-state index contributed by atoms with van der Waals surface area (Å²) in [6.45, 7) is 12.3. The third-order valence-electron chi connectivity index (χ3n) is 5.74. The van der Waals surface area contributed by atoms with Crippen molar-refractivity contribution in [2.24, 2.45) is 5.73 Å². The number of primary amides is 1. The topological polar surface area (TPSA) is 70.8 Å². The van der Waals surface area contributed by atoms with Gasteiger partial charge in [-0.1, -0.05) is 20.8 Å². The van der Waals surface area contributed by atoms with E-state index in [9.17, 15) is 9.18 Å². The Morgan fingerprint density at radius 3 is 2.03 bits per heavy atom. The van der Waals surface area contributed by atoms with Crippen LogP contribution in [0.1, 0.15) is 54.0 Å². The summed E-state index contributed by atoms with van der Waals surface area (Å²) in [5.41, 5.74) is 2.85. The van der Waals surface area contributed by atoms with Crippen molar-refractivity contribution in [2.45, 2.75) is 65.1 Å². The Morgan fingerprint density at radius 2 is 1.57 bits per heavy atom. The summed E-state index contributed by atoms with van der Waals surface area (Å²) >= 11 is 0. The summed E-state index contributed by atoms with van der Waals surface area (Å²) in [5, 5.41) is -0.601. The molecule has 2 aromatic carbocycles. The number of carbonyl (C=O) groups is 1. The maximum Gasteiger partial charge on any atom is 0.496 e. The standard InChI is InChI=1S/C21H25BF3NO4/c1-19(2,3)13-14(22-29-20(4,5)21(6,7)30-22)12-10(8-9-11(23)16(12)25)15(24)17(13)28-18(26)27/h8-9H,1-7H3,(H2,26,27). The van der Waals surface area contributed by atoms with Gasteiger partial charge in [-0.25, -0.2) is 18.0 Å². The van der Waals surface area contributed by atoms with Gasteiger partial charge < -0.3 is 19.8 Å². The van der Waals surface area contributed by atoms with E-state index in [2.05, 4.69) is 0 Å². The Hall–Kier alpha value is -2.26. The van der Waals surface area contributed by atoms with Crippen molar-refractivity contribution in [3.8, 4) is 5.75 Å². The second-order valence-corrected chi connectivity index (χ2v) is 9.48. The molecule has 1 fully saturated rings. The molecule has 1 heterocycles. The average molecular weight is 423 g/mol. The van der Waals surface area contributed by atoms with Gasteiger partial charge >= 0.3 is 13.2 Å². The molecule has 162 valence electrons. The van der Waals surface area contributed by atoms with Crippen molar-refractivity contribution < 1.29 is 32.0 Å². The monoisotopic (exact) mass is 423 g/mol. The molecular weight excluding hydrogens is 398 g/mol. The quantitative estimate of drug-likeness (QED) is 0.731. The lowest BCUT2D eigenvalue weighted by Gasteiger charge is -2.32. The molecule has 0 atom stereocenters. The molecule has 9 heteroatoms. The molecule has 0 spiro atoms. The number of hydrogen-bond donors (Lipinski definition) is 1. The van der Waals surface area contributed by atoms with E-state index in [0.717, 1.165) is 12.1 Å². The molecule has 1 amide bonds. The minimum atomic E-state index is -1.24. The number of ether oxygens (including phenoxy) is 1. The molecule has 0 aromatic heterocycles. The fraction of sp³-hybridized carbons (Fsp3) is 0.476. The van der Waals surface area contributed by atoms with Gasteiger partial charge in [0.15, 0.2) is 23.2 Å². The number of rotatable bonds is 2. The molecule has 1 saturated heterocycles. The van der Waals surface area contributed by atoms with Crippen LogP contribution in [0, 0.1) is 17.5 Å². The zero-order valence-electron chi connectivity index (χ0n) is 18.1. The van der Waals surface area contributed by atoms with E-state index in [0.29, 0.717) is 0 Å². The Morgan fingerprint density at radius 1 is 1.03 bits per heavy atom. The zero-order chi connectivity index (χ0) is 22.8. The van der Waals surface area contributed by atoms with Gasteiger partial charge in [0.1, 0.15) is 0 Å². The summed E-state index contributed by atoms with van der Waals surface area (Å²) in [6.07, 6.45) is -1.23. The van der Waals surface area contributed by atoms with Gasteiger partial charge in [-0.15, -0.1) is 0 Å². The van der Waals surface area contributed by atoms with Gasteiger partial charge in [0, 0.05) is 21.8 Å². The van der Waals surface area contributed by atoms with Gasteiger partial charge in [0.25, 0.3) is 0 Å². The number of hydrogen-bond acceptors (Lipinski definition) is 4. The summed E-state index contributed by atoms with van der Waals surface area (Å²) in [4.78, 5) is 11.5. The molecular formula is C21H25BF3NO4. The fourth-order valence-electron chi connectivity index (χ4n) is 3.61. The SMILES string of the molecule is CC(C)(C)c1c(OC(N)=O)c(F)c2ccc(F)c(F)c2c1B1OC(C)(C)C(C)(C)O1. The molecule has 0 radical (unpaired) electrons. The second kappa shape index (κ2) is 6.88. The number of halogens is 3. The molecule has 0 saturated carbocycles. The first kappa shape index (κ1) is 22.4. The number of carbonyl (C=O) groups excluding carboxylic acids is 1. The van der Waals surface area contributed by atoms with Crippen LogP contribution < -0.4 is 15.9 Å². The van der Waals surface area contributed by atoms with Crippen molar-refractivity contribution in [2.75, 3.05) is 0 Å². The fourth-order valence-corrected chi connectivity index (χ4v) is 3.61. The first-order chi connectivity index (χ1) is 13.6. The van der Waals surface area contributed by atoms with Gasteiger partial charge in [0.2, 0.25) is 0 Å². The van der Waals surface area contributed by atoms with Crippen molar-refractivity contribution in [3.63, 3.8) is 0 Å². The first-order valence-corrected chi connectivity index (χ1v) is 9.55. The summed E-state index contributed by atoms with van der Waals surface area (Å²) in [7, 11) is -1.17. The van der Waals surface area contributed by atoms with E-state index >= 15 is 8.78 Å². The predicted molar refractivity (Wildman–Crippen MR) is 108 cm³/mol. The van der Waals surface area contributed by atoms with Crippen molar-refractivity contribution in [1.29, 1.82) is 0 Å². The van der Waals surface area contributed by atoms with Crippen LogP contribution in [-0.4, -0.2) is 24.4 Å². The molecule has 0 aliphatic carbocycles. The summed E-state index contributed by atoms with van der Waals surface area (Å²) < 4.78 is 61.8. The number of benzene rings is 2. The maximum atomic E-state index is 15.4. The van der Waals surface area contributed by atoms with Crippen LogP contribution in [0.5, 0.6) is 5.75 Å². The van der Waals surface area contributed by atoms with Gasteiger partial charge in [-0.05, 0) is 45.2 Å². The van der Waals surface area contributed by atoms with E-state index in [1.807, 2.05) is 0 Å². The molecule has 3 rings (SSSR count). The molecule has 2 N–H and O–H groups in total. The third kappa shape index (κ3) is 3.43. The van der Waals surface area contributed by atoms with Crippen LogP contribution in [0.4, 0.5) is 18.0 Å². The summed E-state index contributed by atoms with van der Waals surface area (Å²) in [6, 6.07) is 1.89. The van der Waals surface area contributed by atoms with Crippen molar-refractivity contribution >= 4 is 29.4 Å². The lowest BCUT2D eigenvalue weighted by molar-refractivity contribution is 0.00578. The van der Waals surface area contributed by atoms with Crippen molar-refractivity contribution in [1.82, 2.24) is 0 Å². The Labute approximate surface area is 173 Å². The van der Waals surface area contributed by atoms with E-state index in [1.165, 1.54) is 0 Å². The van der Waals surface area contributed by atoms with E-state index in [-0.39, 0.29) is 21.8 Å². The molecule has 1 aliphatic rings. The van der Waals surface area contributed by atoms with E-state index in [1.54, 1.807) is 48.5 Å². The number of fused-ring (bicyclic) bond motifs is 1. The van der Waals surface area contributed by atoms with Crippen LogP contribution in [0.25, 0.3) is 10.8 Å². The van der Waals surface area contributed by atoms with Gasteiger partial charge in [-0.3, -0.25) is 0 Å². The Balaban J connectivity index is 2.51. The predicted octanol–water partition coefficient (Wildman–Crippen LogP) is 4.31. The minimum absolute atomic E-state index is 0.0609. The third-order valence-corrected chi connectivity index (χ3v) is 5.74. The van der Waals surface area contributed by atoms with Gasteiger partial charge in [0.05, 0.1) is 11.2 Å². The first-order valence-electron chi connectivity index (χ1n) is 9.55. The highest BCUT2D eigenvalue weighted by molar-refractivity contribution is 6.66. The van der Waals surface area contributed by atoms with Crippen LogP contribution in [-0.2, 0) is 14.7 Å². The minimum Gasteiger partial charge on any atom is -0.407 e. The van der Waals surface area contributed by atoms with Crippen LogP contribution in [0.15, 0.2) is 12.1 Å². The van der Waals surface area contributed by atoms with Crippen LogP contribution >= 0.6 is 0 Å². The Bertz CT molecular complexity index is 1030. The number of amides is 1. The Kier molecular flexibility index (Phi) is 5.15. The van der Waals surface area contributed by atoms with Gasteiger partial charge in [-0.2, -0.15) is 0 Å². The smallest absolute Gasteiger partial charge is 0.407 e. The normalized spacial score (nSPS) is 18.1. The molecule has 5 nitrogen and oxygen atoms in total. The lowest BCUT2D eigenvalue weighted by Crippen LogP contribution is -2.42. The number of nitrogens with two attached hydrogens (primary N) is 1. The summed E-state index contributed by atoms with van der Waals surface area (Å²) in [5.74, 6) is -3.87. The molecule has 0 unspecified atom stereocenters. The molecule has 2 aromatic rings. The van der Waals surface area contributed by atoms with Crippen LogP contribution in [0.3, 0.4) is 0 Å². The van der Waals surface area contributed by atoms with Crippen molar-refractivity contribution in [3.05, 3.63) is 35.1 Å². The molecule has 30 heavy (non-hydrogen) atoms. The highest BCUT2D eigenvalue weighted by atomic mass is 19.2.